The molecule has 0 bridgehead atoms. The molecule has 2 heterocycles. The molecule has 104 valence electrons. The van der Waals surface area contributed by atoms with Gasteiger partial charge in [-0.2, -0.15) is 0 Å². The van der Waals surface area contributed by atoms with Crippen molar-refractivity contribution in [3.8, 4) is 0 Å². The lowest BCUT2D eigenvalue weighted by molar-refractivity contribution is 0.0695. The number of benzene rings is 1. The maximum Gasteiger partial charge on any atom is 0.336 e. The Kier molecular flexibility index (Phi) is 3.44. The van der Waals surface area contributed by atoms with Crippen molar-refractivity contribution in [3.05, 3.63) is 45.9 Å². The predicted octanol–water partition coefficient (Wildman–Crippen LogP) is 3.36. The maximum absolute atomic E-state index is 11.4. The molecule has 0 spiro atoms. The lowest BCUT2D eigenvalue weighted by Gasteiger charge is -2.36. The third kappa shape index (κ3) is 2.18. The van der Waals surface area contributed by atoms with E-state index in [-0.39, 0.29) is 6.04 Å². The first-order valence-corrected chi connectivity index (χ1v) is 7.56. The van der Waals surface area contributed by atoms with Crippen molar-refractivity contribution in [1.29, 1.82) is 0 Å². The van der Waals surface area contributed by atoms with Crippen LogP contribution in [-0.4, -0.2) is 22.6 Å². The number of aromatic nitrogens is 1. The Labute approximate surface area is 121 Å². The van der Waals surface area contributed by atoms with E-state index >= 15 is 0 Å². The zero-order valence-electron chi connectivity index (χ0n) is 11.2. The van der Waals surface area contributed by atoms with Gasteiger partial charge in [0.25, 0.3) is 0 Å². The highest BCUT2D eigenvalue weighted by atomic mass is 32.1. The second kappa shape index (κ2) is 5.25. The van der Waals surface area contributed by atoms with Crippen LogP contribution in [0.25, 0.3) is 0 Å². The number of carboxylic acid groups (broad SMARTS) is 1. The number of rotatable bonds is 3. The number of hydrogen-bond donors (Lipinski definition) is 1. The third-order valence-corrected chi connectivity index (χ3v) is 4.79. The molecule has 2 aromatic rings. The largest absolute Gasteiger partial charge is 0.478 e. The number of carbonyl (C=O) groups is 1. The number of carboxylic acids is 1. The Hall–Kier alpha value is -1.88. The molecule has 20 heavy (non-hydrogen) atoms. The molecule has 1 unspecified atom stereocenters. The fourth-order valence-electron chi connectivity index (χ4n) is 2.84. The molecule has 1 aromatic carbocycles. The summed E-state index contributed by atoms with van der Waals surface area (Å²) in [5, 5.41) is 9.32. The van der Waals surface area contributed by atoms with Crippen molar-refractivity contribution in [2.24, 2.45) is 0 Å². The van der Waals surface area contributed by atoms with Gasteiger partial charge < -0.3 is 10.0 Å². The smallest absolute Gasteiger partial charge is 0.336 e. The van der Waals surface area contributed by atoms with Crippen LogP contribution >= 0.6 is 11.3 Å². The number of hydrogen-bond acceptors (Lipinski definition) is 4. The summed E-state index contributed by atoms with van der Waals surface area (Å²) >= 11 is 1.64. The molecule has 0 fully saturated rings. The molecular formula is C15H16N2O2S. The maximum atomic E-state index is 11.4. The lowest BCUT2D eigenvalue weighted by Crippen LogP contribution is -2.32. The Morgan fingerprint density at radius 2 is 2.35 bits per heavy atom. The molecule has 0 aliphatic carbocycles. The molecule has 1 aromatic heterocycles. The summed E-state index contributed by atoms with van der Waals surface area (Å²) in [5.41, 5.74) is 4.29. The monoisotopic (exact) mass is 288 g/mol. The average molecular weight is 288 g/mol. The van der Waals surface area contributed by atoms with Crippen molar-refractivity contribution in [2.75, 3.05) is 11.4 Å². The summed E-state index contributed by atoms with van der Waals surface area (Å²) in [6, 6.07) is 5.78. The minimum absolute atomic E-state index is 0.227. The molecule has 1 aliphatic rings. The van der Waals surface area contributed by atoms with E-state index in [1.165, 1.54) is 4.88 Å². The predicted molar refractivity (Wildman–Crippen MR) is 79.6 cm³/mol. The number of fused-ring (bicyclic) bond motifs is 1. The van der Waals surface area contributed by atoms with Crippen LogP contribution in [-0.2, 0) is 6.42 Å². The van der Waals surface area contributed by atoms with Gasteiger partial charge in [0, 0.05) is 23.3 Å². The Morgan fingerprint density at radius 1 is 1.50 bits per heavy atom. The van der Waals surface area contributed by atoms with Gasteiger partial charge in [-0.3, -0.25) is 4.98 Å². The highest BCUT2D eigenvalue weighted by Gasteiger charge is 2.26. The van der Waals surface area contributed by atoms with Gasteiger partial charge in [0.1, 0.15) is 0 Å². The van der Waals surface area contributed by atoms with E-state index in [1.54, 1.807) is 17.4 Å². The summed E-state index contributed by atoms with van der Waals surface area (Å²) < 4.78 is 0. The first-order chi connectivity index (χ1) is 9.68. The molecule has 4 nitrogen and oxygen atoms in total. The summed E-state index contributed by atoms with van der Waals surface area (Å²) in [4.78, 5) is 19.0. The topological polar surface area (TPSA) is 53.4 Å². The van der Waals surface area contributed by atoms with E-state index in [9.17, 15) is 9.90 Å². The van der Waals surface area contributed by atoms with Crippen LogP contribution in [0.15, 0.2) is 29.9 Å². The van der Waals surface area contributed by atoms with Gasteiger partial charge in [0.05, 0.1) is 17.1 Å². The normalized spacial score (nSPS) is 15.8. The van der Waals surface area contributed by atoms with E-state index in [0.717, 1.165) is 30.6 Å². The van der Waals surface area contributed by atoms with Gasteiger partial charge >= 0.3 is 5.97 Å². The number of aromatic carboxylic acids is 1. The first kappa shape index (κ1) is 13.1. The highest BCUT2D eigenvalue weighted by Crippen LogP contribution is 2.36. The fourth-order valence-corrected chi connectivity index (χ4v) is 3.53. The second-order valence-corrected chi connectivity index (χ2v) is 5.90. The van der Waals surface area contributed by atoms with E-state index in [2.05, 4.69) is 16.8 Å². The molecule has 0 radical (unpaired) electrons. The molecule has 0 amide bonds. The molecular weight excluding hydrogens is 272 g/mol. The minimum Gasteiger partial charge on any atom is -0.478 e. The van der Waals surface area contributed by atoms with Gasteiger partial charge in [-0.05, 0) is 37.5 Å². The Bertz CT molecular complexity index is 625. The van der Waals surface area contributed by atoms with Crippen LogP contribution in [0.3, 0.4) is 0 Å². The molecule has 0 saturated heterocycles. The quantitative estimate of drug-likeness (QED) is 0.941. The zero-order chi connectivity index (χ0) is 14.1. The second-order valence-electron chi connectivity index (χ2n) is 4.99. The zero-order valence-corrected chi connectivity index (χ0v) is 12.1. The Morgan fingerprint density at radius 3 is 3.05 bits per heavy atom. The van der Waals surface area contributed by atoms with Gasteiger partial charge in [-0.15, -0.1) is 11.3 Å². The molecule has 0 saturated carbocycles. The van der Waals surface area contributed by atoms with Crippen LogP contribution in [0.4, 0.5) is 5.69 Å². The lowest BCUT2D eigenvalue weighted by atomic mass is 9.95. The summed E-state index contributed by atoms with van der Waals surface area (Å²) in [7, 11) is 0. The third-order valence-electron chi connectivity index (χ3n) is 3.85. The van der Waals surface area contributed by atoms with Crippen molar-refractivity contribution >= 4 is 23.0 Å². The van der Waals surface area contributed by atoms with E-state index in [1.807, 2.05) is 23.8 Å². The SMILES string of the molecule is CC(c1cncs1)N1CCCc2c(C(=O)O)cccc21. The van der Waals surface area contributed by atoms with Crippen LogP contribution in [0.5, 0.6) is 0 Å². The molecule has 1 N–H and O–H groups in total. The molecule has 5 heteroatoms. The standard InChI is InChI=1S/C15H16N2O2S/c1-10(14-8-16-9-20-14)17-7-3-5-11-12(15(18)19)4-2-6-13(11)17/h2,4,6,8-10H,3,5,7H2,1H3,(H,18,19). The van der Waals surface area contributed by atoms with Crippen LogP contribution in [0, 0.1) is 0 Å². The number of thiazole rings is 1. The van der Waals surface area contributed by atoms with E-state index < -0.39 is 5.97 Å². The Balaban J connectivity index is 2.02. The summed E-state index contributed by atoms with van der Waals surface area (Å²) in [6.07, 6.45) is 3.72. The molecule has 3 rings (SSSR count). The molecule has 1 atom stereocenters. The van der Waals surface area contributed by atoms with Gasteiger partial charge in [-0.1, -0.05) is 6.07 Å². The number of nitrogens with zero attached hydrogens (tertiary/aromatic N) is 2. The van der Waals surface area contributed by atoms with E-state index in [0.29, 0.717) is 5.56 Å². The molecule has 1 aliphatic heterocycles. The first-order valence-electron chi connectivity index (χ1n) is 6.68. The van der Waals surface area contributed by atoms with Crippen LogP contribution in [0.2, 0.25) is 0 Å². The van der Waals surface area contributed by atoms with Gasteiger partial charge in [0.15, 0.2) is 0 Å². The van der Waals surface area contributed by atoms with Crippen molar-refractivity contribution in [1.82, 2.24) is 4.98 Å². The summed E-state index contributed by atoms with van der Waals surface area (Å²) in [6.45, 7) is 3.10. The van der Waals surface area contributed by atoms with Gasteiger partial charge in [-0.25, -0.2) is 4.79 Å². The highest BCUT2D eigenvalue weighted by molar-refractivity contribution is 7.09. The van der Waals surface area contributed by atoms with Crippen molar-refractivity contribution in [3.63, 3.8) is 0 Å². The summed E-state index contributed by atoms with van der Waals surface area (Å²) in [5.74, 6) is -0.839. The number of anilines is 1. The van der Waals surface area contributed by atoms with Crippen LogP contribution in [0.1, 0.15) is 40.2 Å². The van der Waals surface area contributed by atoms with E-state index in [4.69, 9.17) is 0 Å². The van der Waals surface area contributed by atoms with Gasteiger partial charge in [0.2, 0.25) is 0 Å². The van der Waals surface area contributed by atoms with Crippen molar-refractivity contribution in [2.45, 2.75) is 25.8 Å². The van der Waals surface area contributed by atoms with Crippen molar-refractivity contribution < 1.29 is 9.90 Å². The minimum atomic E-state index is -0.839. The average Bonchev–Trinajstić information content (AvgIpc) is 2.99. The fraction of sp³-hybridized carbons (Fsp3) is 0.333. The van der Waals surface area contributed by atoms with Crippen LogP contribution < -0.4 is 4.90 Å².